The van der Waals surface area contributed by atoms with E-state index in [4.69, 9.17) is 4.74 Å². The van der Waals surface area contributed by atoms with Gasteiger partial charge in [0.2, 0.25) is 5.91 Å². The molecule has 1 aromatic heterocycles. The Labute approximate surface area is 225 Å². The number of halogens is 1. The number of hydrogen-bond donors (Lipinski definition) is 1. The molecule has 0 radical (unpaired) electrons. The molecule has 37 heavy (non-hydrogen) atoms. The fourth-order valence-electron chi connectivity index (χ4n) is 5.35. The highest BCUT2D eigenvalue weighted by atomic mass is 35.5. The van der Waals surface area contributed by atoms with Crippen molar-refractivity contribution >= 4 is 29.2 Å². The van der Waals surface area contributed by atoms with Gasteiger partial charge in [-0.05, 0) is 60.8 Å². The third-order valence-corrected chi connectivity index (χ3v) is 7.23. The summed E-state index contributed by atoms with van der Waals surface area (Å²) in [5, 5.41) is 4.37. The van der Waals surface area contributed by atoms with E-state index in [-0.39, 0.29) is 24.2 Å². The summed E-state index contributed by atoms with van der Waals surface area (Å²) < 4.78 is 7.83. The summed E-state index contributed by atoms with van der Waals surface area (Å²) in [5.41, 5.74) is 4.69. The molecule has 3 aromatic carbocycles. The van der Waals surface area contributed by atoms with Crippen LogP contribution in [0.4, 0.5) is 0 Å². The van der Waals surface area contributed by atoms with Crippen LogP contribution in [0.3, 0.4) is 0 Å². The van der Waals surface area contributed by atoms with Crippen molar-refractivity contribution in [1.82, 2.24) is 14.8 Å². The number of nitrogens with one attached hydrogen (secondary N) is 1. The van der Waals surface area contributed by atoms with Gasteiger partial charge >= 0.3 is 0 Å². The molecule has 5 nitrogen and oxygen atoms in total. The molecule has 194 valence electrons. The lowest BCUT2D eigenvalue weighted by Gasteiger charge is -2.19. The van der Waals surface area contributed by atoms with Crippen molar-refractivity contribution in [3.8, 4) is 5.75 Å². The molecule has 1 aliphatic rings. The van der Waals surface area contributed by atoms with E-state index in [1.165, 1.54) is 34.9 Å². The second-order valence-electron chi connectivity index (χ2n) is 9.65. The molecule has 1 atom stereocenters. The lowest BCUT2D eigenvalue weighted by atomic mass is 9.88. The Hall–Kier alpha value is -3.28. The number of aromatic nitrogens is 1. The largest absolute Gasteiger partial charge is 0.497 e. The van der Waals surface area contributed by atoms with Gasteiger partial charge in [0.1, 0.15) is 5.75 Å². The first-order valence-corrected chi connectivity index (χ1v) is 13.0. The fourth-order valence-corrected chi connectivity index (χ4v) is 5.35. The fraction of sp³-hybridized carbons (Fsp3) is 0.323. The number of para-hydroxylation sites is 1. The van der Waals surface area contributed by atoms with E-state index in [0.717, 1.165) is 37.5 Å². The molecule has 1 amide bonds. The van der Waals surface area contributed by atoms with E-state index in [0.29, 0.717) is 13.0 Å². The zero-order valence-electron chi connectivity index (χ0n) is 21.4. The SMILES string of the molecule is COc1cccc(C(CC(=O)NCCN2CCCC2)c2cn(Cc3ccccc3)c3ccccc23)c1.Cl. The molecule has 0 spiro atoms. The first-order chi connectivity index (χ1) is 17.7. The number of nitrogens with zero attached hydrogens (tertiary/aromatic N) is 2. The summed E-state index contributed by atoms with van der Waals surface area (Å²) in [4.78, 5) is 15.6. The van der Waals surface area contributed by atoms with Crippen LogP contribution in [0.5, 0.6) is 5.75 Å². The van der Waals surface area contributed by atoms with Crippen LogP contribution in [-0.4, -0.2) is 48.7 Å². The highest BCUT2D eigenvalue weighted by Gasteiger charge is 2.23. The van der Waals surface area contributed by atoms with E-state index in [1.54, 1.807) is 7.11 Å². The summed E-state index contributed by atoms with van der Waals surface area (Å²) in [6.45, 7) is 4.69. The molecule has 1 unspecified atom stereocenters. The first-order valence-electron chi connectivity index (χ1n) is 13.0. The predicted octanol–water partition coefficient (Wildman–Crippen LogP) is 5.85. The smallest absolute Gasteiger partial charge is 0.220 e. The monoisotopic (exact) mass is 517 g/mol. The number of rotatable bonds is 10. The molecule has 1 aliphatic heterocycles. The minimum Gasteiger partial charge on any atom is -0.497 e. The van der Waals surface area contributed by atoms with Gasteiger partial charge in [-0.15, -0.1) is 12.4 Å². The molecule has 4 aromatic rings. The van der Waals surface area contributed by atoms with Crippen LogP contribution in [0.25, 0.3) is 10.9 Å². The van der Waals surface area contributed by atoms with Gasteiger partial charge in [-0.3, -0.25) is 4.79 Å². The van der Waals surface area contributed by atoms with Gasteiger partial charge in [0.05, 0.1) is 7.11 Å². The quantitative estimate of drug-likeness (QED) is 0.287. The minimum atomic E-state index is -0.0752. The lowest BCUT2D eigenvalue weighted by molar-refractivity contribution is -0.121. The highest BCUT2D eigenvalue weighted by Crippen LogP contribution is 2.36. The number of likely N-dealkylation sites (tertiary alicyclic amines) is 1. The van der Waals surface area contributed by atoms with Gasteiger partial charge in [-0.2, -0.15) is 0 Å². The van der Waals surface area contributed by atoms with Crippen LogP contribution >= 0.6 is 12.4 Å². The van der Waals surface area contributed by atoms with Gasteiger partial charge in [0.15, 0.2) is 0 Å². The Morgan fingerprint density at radius 3 is 2.51 bits per heavy atom. The molecular weight excluding hydrogens is 482 g/mol. The molecule has 2 heterocycles. The van der Waals surface area contributed by atoms with Gasteiger partial charge in [-0.1, -0.05) is 60.7 Å². The van der Waals surface area contributed by atoms with Crippen molar-refractivity contribution in [1.29, 1.82) is 0 Å². The molecule has 5 rings (SSSR count). The lowest BCUT2D eigenvalue weighted by Crippen LogP contribution is -2.34. The van der Waals surface area contributed by atoms with Crippen LogP contribution in [0.1, 0.15) is 41.9 Å². The molecule has 0 bridgehead atoms. The Balaban J connectivity index is 0.00000320. The average Bonchev–Trinajstić information content (AvgIpc) is 3.56. The number of fused-ring (bicyclic) bond motifs is 1. The van der Waals surface area contributed by atoms with Gasteiger partial charge in [-0.25, -0.2) is 0 Å². The zero-order valence-corrected chi connectivity index (χ0v) is 22.3. The van der Waals surface area contributed by atoms with Crippen molar-refractivity contribution in [2.24, 2.45) is 0 Å². The maximum absolute atomic E-state index is 13.2. The predicted molar refractivity (Wildman–Crippen MR) is 153 cm³/mol. The third-order valence-electron chi connectivity index (χ3n) is 7.23. The molecule has 6 heteroatoms. The van der Waals surface area contributed by atoms with Crippen molar-refractivity contribution in [2.75, 3.05) is 33.3 Å². The summed E-state index contributed by atoms with van der Waals surface area (Å²) in [6.07, 6.45) is 5.16. The average molecular weight is 518 g/mol. The minimum absolute atomic E-state index is 0. The Kier molecular flexibility index (Phi) is 9.26. The van der Waals surface area contributed by atoms with Gasteiger partial charge < -0.3 is 19.5 Å². The summed E-state index contributed by atoms with van der Waals surface area (Å²) in [6, 6.07) is 27.1. The molecule has 1 fully saturated rings. The van der Waals surface area contributed by atoms with Crippen LogP contribution in [0, 0.1) is 0 Å². The van der Waals surface area contributed by atoms with E-state index < -0.39 is 0 Å². The summed E-state index contributed by atoms with van der Waals surface area (Å²) in [5.74, 6) is 0.815. The summed E-state index contributed by atoms with van der Waals surface area (Å²) >= 11 is 0. The maximum atomic E-state index is 13.2. The highest BCUT2D eigenvalue weighted by molar-refractivity contribution is 5.87. The standard InChI is InChI=1S/C31H35N3O2.ClH/c1-36-26-13-9-12-25(20-26)28(21-31(35)32-16-19-33-17-7-8-18-33)29-23-34(22-24-10-3-2-4-11-24)30-15-6-5-14-27(29)30;/h2-6,9-15,20,23,28H,7-8,16-19,21-22H2,1H3,(H,32,35);1H. The Morgan fingerprint density at radius 2 is 1.73 bits per heavy atom. The van der Waals surface area contributed by atoms with E-state index in [2.05, 4.69) is 81.6 Å². The van der Waals surface area contributed by atoms with Gasteiger partial charge in [0, 0.05) is 49.1 Å². The Morgan fingerprint density at radius 1 is 0.973 bits per heavy atom. The molecule has 0 saturated carbocycles. The molecular formula is C31H36ClN3O2. The molecule has 0 aliphatic carbocycles. The van der Waals surface area contributed by atoms with Crippen LogP contribution in [0.2, 0.25) is 0 Å². The third kappa shape index (κ3) is 6.54. The summed E-state index contributed by atoms with van der Waals surface area (Å²) in [7, 11) is 1.69. The number of carbonyl (C=O) groups excluding carboxylic acids is 1. The van der Waals surface area contributed by atoms with Crippen molar-refractivity contribution in [2.45, 2.75) is 31.7 Å². The van der Waals surface area contributed by atoms with Crippen LogP contribution < -0.4 is 10.1 Å². The van der Waals surface area contributed by atoms with Gasteiger partial charge in [0.25, 0.3) is 0 Å². The van der Waals surface area contributed by atoms with E-state index >= 15 is 0 Å². The number of hydrogen-bond acceptors (Lipinski definition) is 3. The number of ether oxygens (including phenoxy) is 1. The zero-order chi connectivity index (χ0) is 24.7. The molecule has 1 N–H and O–H groups in total. The van der Waals surface area contributed by atoms with E-state index in [1.807, 2.05) is 18.2 Å². The number of methoxy groups -OCH3 is 1. The van der Waals surface area contributed by atoms with Crippen molar-refractivity contribution < 1.29 is 9.53 Å². The second-order valence-corrected chi connectivity index (χ2v) is 9.65. The van der Waals surface area contributed by atoms with E-state index in [9.17, 15) is 4.79 Å². The first kappa shape index (κ1) is 26.8. The maximum Gasteiger partial charge on any atom is 0.220 e. The number of carbonyl (C=O) groups is 1. The van der Waals surface area contributed by atoms with Crippen molar-refractivity contribution in [3.05, 3.63) is 102 Å². The van der Waals surface area contributed by atoms with Crippen LogP contribution in [-0.2, 0) is 11.3 Å². The molecule has 1 saturated heterocycles. The number of benzene rings is 3. The van der Waals surface area contributed by atoms with Crippen molar-refractivity contribution in [3.63, 3.8) is 0 Å². The normalized spacial score (nSPS) is 14.3. The Bertz CT molecular complexity index is 1300. The topological polar surface area (TPSA) is 46.5 Å². The number of amides is 1. The van der Waals surface area contributed by atoms with Crippen LogP contribution in [0.15, 0.2) is 85.1 Å². The second kappa shape index (κ2) is 12.8.